The van der Waals surface area contributed by atoms with Gasteiger partial charge in [-0.1, -0.05) is 0 Å². The average molecular weight is 558 g/mol. The van der Waals surface area contributed by atoms with Crippen molar-refractivity contribution in [2.75, 3.05) is 25.5 Å². The van der Waals surface area contributed by atoms with Crippen molar-refractivity contribution >= 4 is 17.8 Å². The highest BCUT2D eigenvalue weighted by Gasteiger charge is 2.38. The van der Waals surface area contributed by atoms with Gasteiger partial charge >= 0.3 is 6.18 Å². The number of amides is 2. The minimum atomic E-state index is -4.88. The zero-order valence-corrected chi connectivity index (χ0v) is 21.6. The molecule has 3 heterocycles. The van der Waals surface area contributed by atoms with Crippen molar-refractivity contribution < 1.29 is 27.2 Å². The van der Waals surface area contributed by atoms with E-state index >= 15 is 0 Å². The topological polar surface area (TPSA) is 105 Å². The molecular weight excluding hydrogens is 530 g/mol. The summed E-state index contributed by atoms with van der Waals surface area (Å²) in [4.78, 5) is 40.2. The number of nitrogens with one attached hydrogen (secondary N) is 2. The maximum Gasteiger partial charge on any atom is 0.419 e. The molecule has 6 rings (SSSR count). The van der Waals surface area contributed by atoms with E-state index in [0.717, 1.165) is 31.4 Å². The second-order valence-corrected chi connectivity index (χ2v) is 10.5. The van der Waals surface area contributed by atoms with E-state index in [9.17, 15) is 27.2 Å². The van der Waals surface area contributed by atoms with Crippen LogP contribution in [0.1, 0.15) is 36.2 Å². The Morgan fingerprint density at radius 1 is 1.05 bits per heavy atom. The highest BCUT2D eigenvalue weighted by molar-refractivity contribution is 5.81. The van der Waals surface area contributed by atoms with Crippen LogP contribution in [0.5, 0.6) is 0 Å². The Morgan fingerprint density at radius 2 is 1.85 bits per heavy atom. The van der Waals surface area contributed by atoms with Gasteiger partial charge in [-0.25, -0.2) is 14.4 Å². The van der Waals surface area contributed by atoms with Crippen LogP contribution >= 0.6 is 0 Å². The van der Waals surface area contributed by atoms with E-state index in [1.54, 1.807) is 17.7 Å². The van der Waals surface area contributed by atoms with Crippen LogP contribution in [0.3, 0.4) is 0 Å². The van der Waals surface area contributed by atoms with Crippen LogP contribution in [0.15, 0.2) is 30.5 Å². The molecule has 3 aliphatic rings. The number of hydrogen-bond donors (Lipinski definition) is 2. The molecule has 1 unspecified atom stereocenters. The van der Waals surface area contributed by atoms with Crippen LogP contribution in [0.25, 0.3) is 17.2 Å². The number of halogens is 4. The number of likely N-dealkylation sites (tertiary alicyclic amines) is 1. The van der Waals surface area contributed by atoms with Gasteiger partial charge in [0, 0.05) is 68.3 Å². The summed E-state index contributed by atoms with van der Waals surface area (Å²) in [5, 5.41) is 5.91. The van der Waals surface area contributed by atoms with E-state index in [1.165, 1.54) is 12.3 Å². The Kier molecular flexibility index (Phi) is 6.46. The maximum absolute atomic E-state index is 14.1. The van der Waals surface area contributed by atoms with E-state index in [0.29, 0.717) is 49.1 Å². The predicted octanol–water partition coefficient (Wildman–Crippen LogP) is 3.37. The van der Waals surface area contributed by atoms with Crippen molar-refractivity contribution in [3.8, 4) is 17.2 Å². The zero-order valence-electron chi connectivity index (χ0n) is 21.6. The number of hydrogen-bond acceptors (Lipinski definition) is 6. The van der Waals surface area contributed by atoms with Gasteiger partial charge in [-0.15, -0.1) is 0 Å². The van der Waals surface area contributed by atoms with E-state index < -0.39 is 17.6 Å². The number of carbonyl (C=O) groups is 2. The molecule has 210 valence electrons. The number of carbonyl (C=O) groups excluding carboxylic acids is 2. The largest absolute Gasteiger partial charge is 0.419 e. The highest BCUT2D eigenvalue weighted by Crippen LogP contribution is 2.38. The van der Waals surface area contributed by atoms with Gasteiger partial charge in [-0.05, 0) is 43.5 Å². The quantitative estimate of drug-likeness (QED) is 0.451. The maximum atomic E-state index is 14.1. The Hall–Kier alpha value is -4.03. The van der Waals surface area contributed by atoms with Crippen molar-refractivity contribution in [1.82, 2.24) is 29.7 Å². The lowest BCUT2D eigenvalue weighted by Crippen LogP contribution is -2.32. The summed E-state index contributed by atoms with van der Waals surface area (Å²) in [6, 6.07) is 4.32. The lowest BCUT2D eigenvalue weighted by molar-refractivity contribution is -0.140. The molecule has 9 nitrogen and oxygen atoms in total. The fraction of sp³-hybridized carbons (Fsp3) is 0.444. The molecular formula is C27H27F4N7O2. The number of benzene rings is 1. The third-order valence-electron chi connectivity index (χ3n) is 7.71. The van der Waals surface area contributed by atoms with Crippen LogP contribution in [-0.4, -0.2) is 62.4 Å². The Morgan fingerprint density at radius 3 is 2.58 bits per heavy atom. The smallest absolute Gasteiger partial charge is 0.359 e. The lowest BCUT2D eigenvalue weighted by atomic mass is 10.1. The van der Waals surface area contributed by atoms with Crippen molar-refractivity contribution in [3.05, 3.63) is 53.2 Å². The van der Waals surface area contributed by atoms with E-state index in [4.69, 9.17) is 0 Å². The number of anilines is 1. The number of rotatable bonds is 6. The van der Waals surface area contributed by atoms with E-state index in [1.807, 2.05) is 4.90 Å². The summed E-state index contributed by atoms with van der Waals surface area (Å²) < 4.78 is 56.2. The molecule has 1 aliphatic heterocycles. The van der Waals surface area contributed by atoms with Crippen molar-refractivity contribution in [1.29, 1.82) is 0 Å². The minimum absolute atomic E-state index is 0.0463. The van der Waals surface area contributed by atoms with Gasteiger partial charge in [0.2, 0.25) is 17.8 Å². The Labute approximate surface area is 227 Å². The van der Waals surface area contributed by atoms with Gasteiger partial charge in [-0.3, -0.25) is 14.2 Å². The molecule has 40 heavy (non-hydrogen) atoms. The standard InChI is InChI=1S/C27H27F4N7O2/c1-32-24(39)16-11-20-21(12-16)38(23(35-20)15-4-5-19(28)18(10-15)27(29,30)31)22-6-8-33-26(36-22)34-17-7-9-37(13-17)25(40)14-2-3-14/h4-6,8,10,14,16-17H,2-3,7,9,11-13H2,1H3,(H,32,39)(H,33,34,36)/t16?,17-/m0/s1. The van der Waals surface area contributed by atoms with Crippen LogP contribution in [0.4, 0.5) is 23.5 Å². The number of alkyl halides is 3. The number of aromatic nitrogens is 4. The van der Waals surface area contributed by atoms with Gasteiger partial charge in [-0.2, -0.15) is 18.2 Å². The normalized spacial score (nSPS) is 20.5. The van der Waals surface area contributed by atoms with Gasteiger partial charge in [0.15, 0.2) is 0 Å². The van der Waals surface area contributed by atoms with Crippen LogP contribution < -0.4 is 10.6 Å². The van der Waals surface area contributed by atoms with Crippen molar-refractivity contribution in [3.63, 3.8) is 0 Å². The summed E-state index contributed by atoms with van der Waals surface area (Å²) in [6.45, 7) is 1.19. The van der Waals surface area contributed by atoms with E-state index in [-0.39, 0.29) is 41.1 Å². The molecule has 0 radical (unpaired) electrons. The van der Waals surface area contributed by atoms with Crippen molar-refractivity contribution in [2.45, 2.75) is 44.3 Å². The van der Waals surface area contributed by atoms with Gasteiger partial charge in [0.25, 0.3) is 0 Å². The Bertz CT molecular complexity index is 1480. The molecule has 2 aromatic heterocycles. The van der Waals surface area contributed by atoms with Gasteiger partial charge in [0.05, 0.1) is 11.3 Å². The second-order valence-electron chi connectivity index (χ2n) is 10.5. The predicted molar refractivity (Wildman–Crippen MR) is 136 cm³/mol. The summed E-state index contributed by atoms with van der Waals surface area (Å²) in [7, 11) is 1.54. The molecule has 2 N–H and O–H groups in total. The van der Waals surface area contributed by atoms with Crippen LogP contribution in [-0.2, 0) is 28.6 Å². The summed E-state index contributed by atoms with van der Waals surface area (Å²) in [5.41, 5.74) is -0.106. The first-order chi connectivity index (χ1) is 19.1. The summed E-state index contributed by atoms with van der Waals surface area (Å²) >= 11 is 0. The van der Waals surface area contributed by atoms with Crippen molar-refractivity contribution in [2.24, 2.45) is 11.8 Å². The molecule has 1 aromatic carbocycles. The highest BCUT2D eigenvalue weighted by atomic mass is 19.4. The first kappa shape index (κ1) is 26.2. The fourth-order valence-electron chi connectivity index (χ4n) is 5.51. The van der Waals surface area contributed by atoms with E-state index in [2.05, 4.69) is 25.6 Å². The SMILES string of the molecule is CNC(=O)C1Cc2nc(-c3ccc(F)c(C(F)(F)F)c3)n(-c3ccnc(N[C@H]4CCN(C(=O)C5CC5)C4)n3)c2C1. The molecule has 2 aliphatic carbocycles. The molecule has 1 saturated heterocycles. The van der Waals surface area contributed by atoms with Gasteiger partial charge in [0.1, 0.15) is 17.5 Å². The third kappa shape index (κ3) is 4.88. The summed E-state index contributed by atoms with van der Waals surface area (Å²) in [5.74, 6) is -0.783. The third-order valence-corrected chi connectivity index (χ3v) is 7.71. The summed E-state index contributed by atoms with van der Waals surface area (Å²) in [6.07, 6.45) is -0.118. The monoisotopic (exact) mass is 557 g/mol. The number of nitrogens with zero attached hydrogens (tertiary/aromatic N) is 5. The van der Waals surface area contributed by atoms with Crippen LogP contribution in [0, 0.1) is 17.7 Å². The minimum Gasteiger partial charge on any atom is -0.359 e. The number of fused-ring (bicyclic) bond motifs is 1. The molecule has 2 amide bonds. The molecule has 2 atom stereocenters. The molecule has 0 bridgehead atoms. The van der Waals surface area contributed by atoms with Crippen LogP contribution in [0.2, 0.25) is 0 Å². The molecule has 0 spiro atoms. The zero-order chi connectivity index (χ0) is 28.2. The fourth-order valence-corrected chi connectivity index (χ4v) is 5.51. The number of imidazole rings is 1. The first-order valence-electron chi connectivity index (χ1n) is 13.2. The molecule has 13 heteroatoms. The Balaban J connectivity index is 1.35. The molecule has 1 saturated carbocycles. The van der Waals surface area contributed by atoms with Gasteiger partial charge < -0.3 is 15.5 Å². The second kappa shape index (κ2) is 9.86. The first-order valence-corrected chi connectivity index (χ1v) is 13.2. The molecule has 3 aromatic rings. The molecule has 2 fully saturated rings. The lowest BCUT2D eigenvalue weighted by Gasteiger charge is -2.18. The average Bonchev–Trinajstić information content (AvgIpc) is 3.37.